The normalized spacial score (nSPS) is 10.8. The van der Waals surface area contributed by atoms with Crippen LogP contribution in [0.4, 0.5) is 0 Å². The minimum Gasteiger partial charge on any atom is -0.336 e. The Morgan fingerprint density at radius 2 is 2.06 bits per heavy atom. The van der Waals surface area contributed by atoms with E-state index < -0.39 is 0 Å². The van der Waals surface area contributed by atoms with E-state index in [1.54, 1.807) is 0 Å². The SMILES string of the molecule is Cc1ccc(-c2cn(C)c(CN)n2)c(C)c1. The topological polar surface area (TPSA) is 43.8 Å². The number of rotatable bonds is 2. The molecule has 0 aliphatic carbocycles. The van der Waals surface area contributed by atoms with Crippen molar-refractivity contribution in [3.63, 3.8) is 0 Å². The summed E-state index contributed by atoms with van der Waals surface area (Å²) in [5, 5.41) is 0. The van der Waals surface area contributed by atoms with Gasteiger partial charge in [-0.25, -0.2) is 4.98 Å². The van der Waals surface area contributed by atoms with Crippen LogP contribution in [0.15, 0.2) is 24.4 Å². The largest absolute Gasteiger partial charge is 0.336 e. The first-order chi connectivity index (χ1) is 7.61. The monoisotopic (exact) mass is 215 g/mol. The minimum atomic E-state index is 0.474. The summed E-state index contributed by atoms with van der Waals surface area (Å²) in [5.74, 6) is 0.912. The standard InChI is InChI=1S/C13H17N3/c1-9-4-5-11(10(2)6-9)12-8-16(3)13(7-14)15-12/h4-6,8H,7,14H2,1-3H3. The molecule has 2 N–H and O–H groups in total. The zero-order valence-corrected chi connectivity index (χ0v) is 9.99. The van der Waals surface area contributed by atoms with Gasteiger partial charge in [0.2, 0.25) is 0 Å². The Morgan fingerprint density at radius 1 is 1.31 bits per heavy atom. The van der Waals surface area contributed by atoms with Gasteiger partial charge < -0.3 is 10.3 Å². The van der Waals surface area contributed by atoms with Crippen LogP contribution in [0.5, 0.6) is 0 Å². The van der Waals surface area contributed by atoms with Crippen LogP contribution in [0.25, 0.3) is 11.3 Å². The zero-order chi connectivity index (χ0) is 11.7. The molecule has 0 bridgehead atoms. The Morgan fingerprint density at radius 3 is 2.62 bits per heavy atom. The van der Waals surface area contributed by atoms with Gasteiger partial charge in [0.1, 0.15) is 5.82 Å². The average molecular weight is 215 g/mol. The summed E-state index contributed by atoms with van der Waals surface area (Å²) >= 11 is 0. The van der Waals surface area contributed by atoms with Gasteiger partial charge in [-0.3, -0.25) is 0 Å². The molecule has 2 rings (SSSR count). The van der Waals surface area contributed by atoms with Crippen molar-refractivity contribution in [3.05, 3.63) is 41.3 Å². The molecule has 1 aromatic heterocycles. The summed E-state index contributed by atoms with van der Waals surface area (Å²) < 4.78 is 1.98. The lowest BCUT2D eigenvalue weighted by molar-refractivity contribution is 0.794. The zero-order valence-electron chi connectivity index (χ0n) is 9.99. The summed E-state index contributed by atoms with van der Waals surface area (Å²) in [5.41, 5.74) is 10.3. The fourth-order valence-corrected chi connectivity index (χ4v) is 1.93. The highest BCUT2D eigenvalue weighted by atomic mass is 15.1. The van der Waals surface area contributed by atoms with Crippen LogP contribution >= 0.6 is 0 Å². The van der Waals surface area contributed by atoms with Gasteiger partial charge in [-0.2, -0.15) is 0 Å². The van der Waals surface area contributed by atoms with Crippen LogP contribution in [0.3, 0.4) is 0 Å². The Bertz CT molecular complexity index is 512. The molecule has 0 atom stereocenters. The van der Waals surface area contributed by atoms with Crippen molar-refractivity contribution in [2.75, 3.05) is 0 Å². The number of aryl methyl sites for hydroxylation is 3. The molecule has 1 heterocycles. The van der Waals surface area contributed by atoms with E-state index in [2.05, 4.69) is 37.0 Å². The van der Waals surface area contributed by atoms with Crippen LogP contribution in [0.2, 0.25) is 0 Å². The summed E-state index contributed by atoms with van der Waals surface area (Å²) in [7, 11) is 1.97. The smallest absolute Gasteiger partial charge is 0.122 e. The first-order valence-corrected chi connectivity index (χ1v) is 5.41. The van der Waals surface area contributed by atoms with Crippen molar-refractivity contribution < 1.29 is 0 Å². The molecule has 84 valence electrons. The summed E-state index contributed by atoms with van der Waals surface area (Å²) in [6.45, 7) is 4.68. The molecule has 0 aliphatic heterocycles. The lowest BCUT2D eigenvalue weighted by atomic mass is 10.0. The van der Waals surface area contributed by atoms with E-state index in [0.717, 1.165) is 11.5 Å². The molecule has 0 unspecified atom stereocenters. The minimum absolute atomic E-state index is 0.474. The molecular formula is C13H17N3. The summed E-state index contributed by atoms with van der Waals surface area (Å²) in [6.07, 6.45) is 2.03. The van der Waals surface area contributed by atoms with Crippen molar-refractivity contribution in [2.45, 2.75) is 20.4 Å². The Hall–Kier alpha value is -1.61. The fraction of sp³-hybridized carbons (Fsp3) is 0.308. The molecule has 1 aromatic carbocycles. The lowest BCUT2D eigenvalue weighted by Crippen LogP contribution is -2.03. The molecule has 0 spiro atoms. The first-order valence-electron chi connectivity index (χ1n) is 5.41. The van der Waals surface area contributed by atoms with Crippen LogP contribution in [-0.2, 0) is 13.6 Å². The number of aromatic nitrogens is 2. The van der Waals surface area contributed by atoms with Crippen LogP contribution in [0.1, 0.15) is 17.0 Å². The molecule has 0 radical (unpaired) electrons. The average Bonchev–Trinajstić information content (AvgIpc) is 2.59. The third kappa shape index (κ3) is 1.86. The van der Waals surface area contributed by atoms with Gasteiger partial charge in [0.05, 0.1) is 12.2 Å². The second-order valence-electron chi connectivity index (χ2n) is 4.18. The van der Waals surface area contributed by atoms with E-state index in [0.29, 0.717) is 6.54 Å². The van der Waals surface area contributed by atoms with Gasteiger partial charge in [-0.1, -0.05) is 23.8 Å². The second kappa shape index (κ2) is 4.10. The van der Waals surface area contributed by atoms with Crippen molar-refractivity contribution in [2.24, 2.45) is 12.8 Å². The quantitative estimate of drug-likeness (QED) is 0.834. The Kier molecular flexibility index (Phi) is 2.79. The molecule has 3 heteroatoms. The number of hydrogen-bond acceptors (Lipinski definition) is 2. The third-order valence-corrected chi connectivity index (χ3v) is 2.81. The predicted octanol–water partition coefficient (Wildman–Crippen LogP) is 2.16. The Balaban J connectivity index is 2.50. The molecule has 0 aliphatic rings. The summed E-state index contributed by atoms with van der Waals surface area (Å²) in [6, 6.07) is 6.40. The molecule has 2 aromatic rings. The predicted molar refractivity (Wildman–Crippen MR) is 66.0 cm³/mol. The van der Waals surface area contributed by atoms with E-state index >= 15 is 0 Å². The van der Waals surface area contributed by atoms with Crippen molar-refractivity contribution in [3.8, 4) is 11.3 Å². The van der Waals surface area contributed by atoms with E-state index in [9.17, 15) is 0 Å². The van der Waals surface area contributed by atoms with Gasteiger partial charge >= 0.3 is 0 Å². The number of nitrogens with two attached hydrogens (primary N) is 1. The first kappa shape index (κ1) is 10.9. The highest BCUT2D eigenvalue weighted by molar-refractivity contribution is 5.63. The maximum atomic E-state index is 5.62. The van der Waals surface area contributed by atoms with Crippen LogP contribution < -0.4 is 5.73 Å². The molecule has 0 saturated heterocycles. The molecule has 16 heavy (non-hydrogen) atoms. The third-order valence-electron chi connectivity index (χ3n) is 2.81. The maximum Gasteiger partial charge on any atom is 0.122 e. The molecule has 0 fully saturated rings. The lowest BCUT2D eigenvalue weighted by Gasteiger charge is -2.03. The number of imidazole rings is 1. The molecular weight excluding hydrogens is 198 g/mol. The molecule has 0 saturated carbocycles. The van der Waals surface area contributed by atoms with Crippen molar-refractivity contribution >= 4 is 0 Å². The number of nitrogens with zero attached hydrogens (tertiary/aromatic N) is 2. The Labute approximate surface area is 95.9 Å². The van der Waals surface area contributed by atoms with Gasteiger partial charge in [0.15, 0.2) is 0 Å². The number of hydrogen-bond donors (Lipinski definition) is 1. The van der Waals surface area contributed by atoms with E-state index in [1.165, 1.54) is 16.7 Å². The van der Waals surface area contributed by atoms with Crippen LogP contribution in [0, 0.1) is 13.8 Å². The maximum absolute atomic E-state index is 5.62. The van der Waals surface area contributed by atoms with Crippen LogP contribution in [-0.4, -0.2) is 9.55 Å². The summed E-state index contributed by atoms with van der Waals surface area (Å²) in [4.78, 5) is 4.53. The fourth-order valence-electron chi connectivity index (χ4n) is 1.93. The highest BCUT2D eigenvalue weighted by Gasteiger charge is 2.08. The highest BCUT2D eigenvalue weighted by Crippen LogP contribution is 2.23. The molecule has 0 amide bonds. The molecule has 3 nitrogen and oxygen atoms in total. The van der Waals surface area contributed by atoms with Gasteiger partial charge in [0.25, 0.3) is 0 Å². The van der Waals surface area contributed by atoms with Gasteiger partial charge in [0, 0.05) is 18.8 Å². The van der Waals surface area contributed by atoms with Gasteiger partial charge in [-0.15, -0.1) is 0 Å². The van der Waals surface area contributed by atoms with E-state index in [1.807, 2.05) is 17.8 Å². The number of benzene rings is 1. The van der Waals surface area contributed by atoms with Gasteiger partial charge in [-0.05, 0) is 19.4 Å². The second-order valence-corrected chi connectivity index (χ2v) is 4.18. The van der Waals surface area contributed by atoms with Crippen molar-refractivity contribution in [1.82, 2.24) is 9.55 Å². The van der Waals surface area contributed by atoms with Crippen molar-refractivity contribution in [1.29, 1.82) is 0 Å². The van der Waals surface area contributed by atoms with E-state index in [-0.39, 0.29) is 0 Å². The van der Waals surface area contributed by atoms with E-state index in [4.69, 9.17) is 5.73 Å².